The van der Waals surface area contributed by atoms with Gasteiger partial charge >= 0.3 is 5.30 Å². The molecule has 0 heterocycles. The van der Waals surface area contributed by atoms with Crippen molar-refractivity contribution in [1.29, 1.82) is 0 Å². The summed E-state index contributed by atoms with van der Waals surface area (Å²) in [5.74, 6) is -8.33. The molecule has 76 valence electrons. The van der Waals surface area contributed by atoms with E-state index in [4.69, 9.17) is 0 Å². The van der Waals surface area contributed by atoms with Gasteiger partial charge in [0, 0.05) is 6.07 Å². The minimum absolute atomic E-state index is 0.000516. The van der Waals surface area contributed by atoms with Crippen molar-refractivity contribution in [3.05, 3.63) is 29.3 Å². The van der Waals surface area contributed by atoms with Crippen LogP contribution in [-0.2, 0) is 0 Å². The Kier molecular flexibility index (Phi) is 3.00. The van der Waals surface area contributed by atoms with Gasteiger partial charge in [0.25, 0.3) is 0 Å². The molecular weight excluding hydrogens is 224 g/mol. The lowest BCUT2D eigenvalue weighted by atomic mass is 10.3. The van der Waals surface area contributed by atoms with Crippen molar-refractivity contribution in [3.63, 3.8) is 0 Å². The van der Waals surface area contributed by atoms with E-state index in [0.717, 1.165) is 0 Å². The summed E-state index contributed by atoms with van der Waals surface area (Å²) in [5, 5.41) is -1.38. The van der Waals surface area contributed by atoms with Crippen LogP contribution >= 0.6 is 12.6 Å². The highest BCUT2D eigenvalue weighted by atomic mass is 32.1. The first-order chi connectivity index (χ1) is 6.43. The van der Waals surface area contributed by atoms with Gasteiger partial charge in [-0.3, -0.25) is 0 Å². The maximum absolute atomic E-state index is 12.7. The summed E-state index contributed by atoms with van der Waals surface area (Å²) >= 11 is 3.03. The van der Waals surface area contributed by atoms with Crippen LogP contribution in [0.5, 0.6) is 5.75 Å². The van der Waals surface area contributed by atoms with Crippen molar-refractivity contribution in [2.75, 3.05) is 0 Å². The van der Waals surface area contributed by atoms with Crippen molar-refractivity contribution >= 4 is 17.9 Å². The molecule has 7 heteroatoms. The molecule has 1 aromatic carbocycles. The fraction of sp³-hybridized carbons (Fsp3) is 0. The van der Waals surface area contributed by atoms with Crippen LogP contribution in [0.4, 0.5) is 22.4 Å². The predicted octanol–water partition coefficient (Wildman–Crippen LogP) is 2.67. The highest BCUT2D eigenvalue weighted by molar-refractivity contribution is 7.96. The summed E-state index contributed by atoms with van der Waals surface area (Å²) in [7, 11) is 0. The maximum Gasteiger partial charge on any atom is 0.369 e. The highest BCUT2D eigenvalue weighted by Crippen LogP contribution is 2.26. The van der Waals surface area contributed by atoms with Crippen LogP contribution in [0, 0.1) is 23.3 Å². The second-order valence-corrected chi connectivity index (χ2v) is 2.53. The number of hydrogen-bond acceptors (Lipinski definition) is 2. The second kappa shape index (κ2) is 3.87. The van der Waals surface area contributed by atoms with E-state index in [1.165, 1.54) is 0 Å². The number of hydrogen-bond donors (Lipinski definition) is 1. The summed E-state index contributed by atoms with van der Waals surface area (Å²) in [6.45, 7) is 0. The van der Waals surface area contributed by atoms with Gasteiger partial charge in [-0.25, -0.2) is 13.6 Å². The molecule has 0 aliphatic heterocycles. The molecule has 0 fully saturated rings. The third-order valence-corrected chi connectivity index (χ3v) is 1.35. The van der Waals surface area contributed by atoms with Crippen molar-refractivity contribution < 1.29 is 27.1 Å². The zero-order chi connectivity index (χ0) is 10.9. The number of ether oxygens (including phenoxy) is 1. The number of benzene rings is 1. The van der Waals surface area contributed by atoms with E-state index in [9.17, 15) is 22.4 Å². The maximum atomic E-state index is 12.7. The molecule has 0 saturated carbocycles. The Morgan fingerprint density at radius 3 is 1.93 bits per heavy atom. The van der Waals surface area contributed by atoms with Crippen LogP contribution in [0.25, 0.3) is 0 Å². The van der Waals surface area contributed by atoms with Gasteiger partial charge in [0.15, 0.2) is 11.6 Å². The zero-order valence-electron chi connectivity index (χ0n) is 6.35. The Balaban J connectivity index is 3.31. The lowest BCUT2D eigenvalue weighted by Crippen LogP contribution is -2.05. The smallest absolute Gasteiger partial charge is 0.369 e. The molecule has 0 saturated heterocycles. The van der Waals surface area contributed by atoms with Gasteiger partial charge < -0.3 is 4.74 Å². The largest absolute Gasteiger partial charge is 0.412 e. The van der Waals surface area contributed by atoms with Crippen molar-refractivity contribution in [2.24, 2.45) is 0 Å². The third-order valence-electron chi connectivity index (χ3n) is 1.26. The summed E-state index contributed by atoms with van der Waals surface area (Å²) < 4.78 is 54.2. The Bertz CT molecular complexity index is 368. The lowest BCUT2D eigenvalue weighted by Gasteiger charge is -2.04. The molecule has 0 aliphatic carbocycles. The average Bonchev–Trinajstić information content (AvgIpc) is 2.09. The molecule has 0 unspecified atom stereocenters. The molecule has 14 heavy (non-hydrogen) atoms. The monoisotopic (exact) mass is 226 g/mol. The summed E-state index contributed by atoms with van der Waals surface area (Å²) in [6.07, 6.45) is 0. The number of halogens is 4. The molecule has 0 N–H and O–H groups in total. The van der Waals surface area contributed by atoms with Crippen LogP contribution in [0.1, 0.15) is 0 Å². The van der Waals surface area contributed by atoms with E-state index < -0.39 is 34.3 Å². The molecule has 0 radical (unpaired) electrons. The van der Waals surface area contributed by atoms with E-state index in [-0.39, 0.29) is 6.07 Å². The minimum atomic E-state index is -1.79. The second-order valence-electron chi connectivity index (χ2n) is 2.17. The first kappa shape index (κ1) is 10.8. The van der Waals surface area contributed by atoms with E-state index in [2.05, 4.69) is 17.4 Å². The van der Waals surface area contributed by atoms with E-state index in [1.807, 2.05) is 0 Å². The van der Waals surface area contributed by atoms with Gasteiger partial charge in [-0.2, -0.15) is 8.78 Å². The van der Waals surface area contributed by atoms with E-state index >= 15 is 0 Å². The molecule has 0 atom stereocenters. The number of thiol groups is 1. The number of carbonyl (C=O) groups excluding carboxylic acids is 1. The van der Waals surface area contributed by atoms with Gasteiger partial charge in [-0.1, -0.05) is 12.6 Å². The zero-order valence-corrected chi connectivity index (χ0v) is 7.25. The quantitative estimate of drug-likeness (QED) is 0.345. The fourth-order valence-electron chi connectivity index (χ4n) is 0.728. The molecule has 1 rings (SSSR count). The molecule has 0 aromatic heterocycles. The molecule has 0 bridgehead atoms. The Hall–Kier alpha value is -1.24. The van der Waals surface area contributed by atoms with Gasteiger partial charge in [-0.05, 0) is 0 Å². The van der Waals surface area contributed by atoms with Crippen LogP contribution in [0.2, 0.25) is 0 Å². The SMILES string of the molecule is O=C(S)Oc1c(F)c(F)cc(F)c1F. The van der Waals surface area contributed by atoms with Crippen molar-refractivity contribution in [1.82, 2.24) is 0 Å². The minimum Gasteiger partial charge on any atom is -0.412 e. The standard InChI is InChI=1S/C7H2F4O2S/c8-2-1-3(9)5(11)6(4(2)10)13-7(12)14/h1H,(H,12,14). The summed E-state index contributed by atoms with van der Waals surface area (Å²) in [5.41, 5.74) is 0. The molecule has 0 aliphatic rings. The van der Waals surface area contributed by atoms with Gasteiger partial charge in [0.2, 0.25) is 17.4 Å². The lowest BCUT2D eigenvalue weighted by molar-refractivity contribution is 0.221. The van der Waals surface area contributed by atoms with Crippen LogP contribution in [0.3, 0.4) is 0 Å². The van der Waals surface area contributed by atoms with Gasteiger partial charge in [-0.15, -0.1) is 0 Å². The van der Waals surface area contributed by atoms with E-state index in [0.29, 0.717) is 0 Å². The molecule has 0 amide bonds. The van der Waals surface area contributed by atoms with Gasteiger partial charge in [0.1, 0.15) is 0 Å². The molecular formula is C7H2F4O2S. The molecule has 0 spiro atoms. The molecule has 2 nitrogen and oxygen atoms in total. The Morgan fingerprint density at radius 1 is 1.14 bits per heavy atom. The average molecular weight is 226 g/mol. The predicted molar refractivity (Wildman–Crippen MR) is 41.3 cm³/mol. The third kappa shape index (κ3) is 1.98. The fourth-order valence-corrected chi connectivity index (χ4v) is 0.819. The van der Waals surface area contributed by atoms with Gasteiger partial charge in [0.05, 0.1) is 0 Å². The molecule has 1 aromatic rings. The normalized spacial score (nSPS) is 10.1. The number of carbonyl (C=O) groups is 1. The van der Waals surface area contributed by atoms with Crippen molar-refractivity contribution in [3.8, 4) is 5.75 Å². The summed E-state index contributed by atoms with van der Waals surface area (Å²) in [6, 6.07) is 0.000516. The highest BCUT2D eigenvalue weighted by Gasteiger charge is 2.21. The Labute approximate surface area is 80.9 Å². The number of rotatable bonds is 1. The first-order valence-corrected chi connectivity index (χ1v) is 3.62. The first-order valence-electron chi connectivity index (χ1n) is 3.17. The summed E-state index contributed by atoms with van der Waals surface area (Å²) in [4.78, 5) is 10.2. The van der Waals surface area contributed by atoms with Crippen LogP contribution in [0.15, 0.2) is 6.07 Å². The van der Waals surface area contributed by atoms with Crippen LogP contribution < -0.4 is 4.74 Å². The van der Waals surface area contributed by atoms with E-state index in [1.54, 1.807) is 0 Å². The topological polar surface area (TPSA) is 26.3 Å². The van der Waals surface area contributed by atoms with Crippen LogP contribution in [-0.4, -0.2) is 5.30 Å². The Morgan fingerprint density at radius 2 is 1.57 bits per heavy atom. The van der Waals surface area contributed by atoms with Crippen molar-refractivity contribution in [2.45, 2.75) is 0 Å².